The van der Waals surface area contributed by atoms with Gasteiger partial charge in [-0.05, 0) is 18.9 Å². The summed E-state index contributed by atoms with van der Waals surface area (Å²) in [5.41, 5.74) is 4.97. The van der Waals surface area contributed by atoms with E-state index in [2.05, 4.69) is 28.0 Å². The number of anilines is 1. The molecule has 0 aromatic carbocycles. The lowest BCUT2D eigenvalue weighted by Crippen LogP contribution is -2.37. The number of rotatable bonds is 3. The Kier molecular flexibility index (Phi) is 7.67. The molecule has 176 valence electrons. The third kappa shape index (κ3) is 6.39. The number of nitrogens with zero attached hydrogens (tertiary/aromatic N) is 6. The number of hydrogen-bond acceptors (Lipinski definition) is 7. The van der Waals surface area contributed by atoms with E-state index < -0.39 is 12.1 Å². The maximum Gasteiger partial charge on any atom is 0.490 e. The molecule has 0 radical (unpaired) electrons. The summed E-state index contributed by atoms with van der Waals surface area (Å²) < 4.78 is 39.0. The fourth-order valence-corrected chi connectivity index (χ4v) is 3.69. The van der Waals surface area contributed by atoms with Gasteiger partial charge in [0.15, 0.2) is 0 Å². The second-order valence-electron chi connectivity index (χ2n) is 7.73. The first kappa shape index (κ1) is 23.9. The number of halogens is 3. The van der Waals surface area contributed by atoms with E-state index in [0.29, 0.717) is 0 Å². The Morgan fingerprint density at radius 2 is 1.81 bits per heavy atom. The van der Waals surface area contributed by atoms with Crippen LogP contribution in [0.5, 0.6) is 0 Å². The molecule has 1 N–H and O–H groups in total. The van der Waals surface area contributed by atoms with E-state index in [9.17, 15) is 13.2 Å². The molecule has 2 aliphatic rings. The minimum absolute atomic E-state index is 0.762. The molecule has 0 unspecified atom stereocenters. The van der Waals surface area contributed by atoms with Gasteiger partial charge in [0.25, 0.3) is 0 Å². The first-order valence-electron chi connectivity index (χ1n) is 10.3. The average Bonchev–Trinajstić information content (AvgIpc) is 3.03. The maximum absolute atomic E-state index is 10.6. The zero-order valence-electron chi connectivity index (χ0n) is 18.1. The third-order valence-corrected chi connectivity index (χ3v) is 5.33. The first-order chi connectivity index (χ1) is 15.1. The molecular weight excluding hydrogens is 429 g/mol. The highest BCUT2D eigenvalue weighted by atomic mass is 19.4. The molecule has 0 bridgehead atoms. The van der Waals surface area contributed by atoms with Crippen LogP contribution in [-0.4, -0.2) is 81.3 Å². The summed E-state index contributed by atoms with van der Waals surface area (Å²) in [5.74, 6) is -1.88. The molecular formula is C20H27F3N6O3. The lowest BCUT2D eigenvalue weighted by atomic mass is 10.1. The molecule has 12 heteroatoms. The number of carbonyl (C=O) groups is 1. The second kappa shape index (κ2) is 10.3. The lowest BCUT2D eigenvalue weighted by Gasteiger charge is -2.27. The summed E-state index contributed by atoms with van der Waals surface area (Å²) in [5, 5.41) is 11.4. The molecule has 2 aliphatic heterocycles. The van der Waals surface area contributed by atoms with Crippen molar-refractivity contribution in [3.63, 3.8) is 0 Å². The molecule has 2 aromatic heterocycles. The minimum Gasteiger partial charge on any atom is -0.475 e. The summed E-state index contributed by atoms with van der Waals surface area (Å²) in [6, 6.07) is 0. The number of aliphatic carboxylic acids is 1. The van der Waals surface area contributed by atoms with Crippen LogP contribution in [-0.2, 0) is 36.0 Å². The van der Waals surface area contributed by atoms with Gasteiger partial charge in [-0.1, -0.05) is 0 Å². The van der Waals surface area contributed by atoms with E-state index in [1.165, 1.54) is 16.8 Å². The molecule has 2 aromatic rings. The van der Waals surface area contributed by atoms with Gasteiger partial charge in [0.05, 0.1) is 25.1 Å². The predicted octanol–water partition coefficient (Wildman–Crippen LogP) is 1.59. The SMILES string of the molecule is Cc1nc(N2CCOCC2)nc2c1CCN(Cc1cnn(C)c1)CC2.O=C(O)C(F)(F)F. The highest BCUT2D eigenvalue weighted by Crippen LogP contribution is 2.22. The number of hydrogen-bond donors (Lipinski definition) is 1. The van der Waals surface area contributed by atoms with Crippen molar-refractivity contribution in [2.45, 2.75) is 32.5 Å². The Morgan fingerprint density at radius 1 is 1.16 bits per heavy atom. The Balaban J connectivity index is 0.000000360. The highest BCUT2D eigenvalue weighted by molar-refractivity contribution is 5.73. The molecule has 32 heavy (non-hydrogen) atoms. The molecule has 1 saturated heterocycles. The standard InChI is InChI=1S/C18H26N6O.C2HF3O2/c1-14-16-3-5-23(13-15-11-19-22(2)12-15)6-4-17(16)21-18(20-14)24-7-9-25-10-8-24;3-2(4,5)1(6)7/h11-12H,3-10,13H2,1-2H3;(H,6,7). The van der Waals surface area contributed by atoms with Gasteiger partial charge in [0.1, 0.15) is 0 Å². The number of morpholine rings is 1. The number of carboxylic acids is 1. The Hall–Kier alpha value is -2.73. The quantitative estimate of drug-likeness (QED) is 0.744. The van der Waals surface area contributed by atoms with Crippen LogP contribution in [0.2, 0.25) is 0 Å². The third-order valence-electron chi connectivity index (χ3n) is 5.33. The average molecular weight is 456 g/mol. The molecule has 4 rings (SSSR count). The largest absolute Gasteiger partial charge is 0.490 e. The van der Waals surface area contributed by atoms with E-state index in [0.717, 1.165) is 70.4 Å². The van der Waals surface area contributed by atoms with Crippen molar-refractivity contribution >= 4 is 11.9 Å². The minimum atomic E-state index is -5.08. The maximum atomic E-state index is 10.6. The Morgan fingerprint density at radius 3 is 2.41 bits per heavy atom. The van der Waals surface area contributed by atoms with E-state index >= 15 is 0 Å². The van der Waals surface area contributed by atoms with Crippen molar-refractivity contribution < 1.29 is 27.8 Å². The van der Waals surface area contributed by atoms with Crippen molar-refractivity contribution in [1.82, 2.24) is 24.6 Å². The number of ether oxygens (including phenoxy) is 1. The van der Waals surface area contributed by atoms with Crippen LogP contribution in [0.3, 0.4) is 0 Å². The van der Waals surface area contributed by atoms with Crippen LogP contribution >= 0.6 is 0 Å². The molecule has 0 amide bonds. The number of fused-ring (bicyclic) bond motifs is 1. The summed E-state index contributed by atoms with van der Waals surface area (Å²) in [7, 11) is 1.97. The normalized spacial score (nSPS) is 17.2. The van der Waals surface area contributed by atoms with Gasteiger partial charge in [-0.25, -0.2) is 14.8 Å². The van der Waals surface area contributed by atoms with Gasteiger partial charge >= 0.3 is 12.1 Å². The molecule has 9 nitrogen and oxygen atoms in total. The van der Waals surface area contributed by atoms with Crippen molar-refractivity contribution in [2.75, 3.05) is 44.3 Å². The van der Waals surface area contributed by atoms with Gasteiger partial charge in [0.2, 0.25) is 5.95 Å². The number of aromatic nitrogens is 4. The van der Waals surface area contributed by atoms with Crippen LogP contribution in [0.4, 0.5) is 19.1 Å². The van der Waals surface area contributed by atoms with Crippen LogP contribution < -0.4 is 4.90 Å². The molecule has 4 heterocycles. The summed E-state index contributed by atoms with van der Waals surface area (Å²) in [6.45, 7) is 8.43. The van der Waals surface area contributed by atoms with Gasteiger partial charge < -0.3 is 14.7 Å². The first-order valence-corrected chi connectivity index (χ1v) is 10.3. The van der Waals surface area contributed by atoms with Gasteiger partial charge in [-0.15, -0.1) is 0 Å². The molecule has 0 atom stereocenters. The zero-order valence-corrected chi connectivity index (χ0v) is 18.1. The van der Waals surface area contributed by atoms with Crippen molar-refractivity contribution in [2.24, 2.45) is 7.05 Å². The fourth-order valence-electron chi connectivity index (χ4n) is 3.69. The van der Waals surface area contributed by atoms with Gasteiger partial charge in [-0.3, -0.25) is 9.58 Å². The van der Waals surface area contributed by atoms with E-state index in [-0.39, 0.29) is 0 Å². The Labute approximate surface area is 183 Å². The van der Waals surface area contributed by atoms with Crippen LogP contribution in [0.1, 0.15) is 22.5 Å². The smallest absolute Gasteiger partial charge is 0.475 e. The van der Waals surface area contributed by atoms with E-state index in [1.807, 2.05) is 17.9 Å². The van der Waals surface area contributed by atoms with Crippen molar-refractivity contribution in [3.05, 3.63) is 34.9 Å². The van der Waals surface area contributed by atoms with Crippen molar-refractivity contribution in [3.8, 4) is 0 Å². The van der Waals surface area contributed by atoms with E-state index in [1.54, 1.807) is 0 Å². The van der Waals surface area contributed by atoms with Gasteiger partial charge in [-0.2, -0.15) is 18.3 Å². The number of aryl methyl sites for hydroxylation is 2. The molecule has 1 fully saturated rings. The molecule has 0 spiro atoms. The second-order valence-corrected chi connectivity index (χ2v) is 7.73. The van der Waals surface area contributed by atoms with E-state index in [4.69, 9.17) is 24.6 Å². The zero-order chi connectivity index (χ0) is 23.3. The number of carboxylic acid groups (broad SMARTS) is 1. The molecule has 0 saturated carbocycles. The summed E-state index contributed by atoms with van der Waals surface area (Å²) in [6.07, 6.45) is 0.973. The highest BCUT2D eigenvalue weighted by Gasteiger charge is 2.38. The van der Waals surface area contributed by atoms with Crippen LogP contribution in [0.15, 0.2) is 12.4 Å². The fraction of sp³-hybridized carbons (Fsp3) is 0.600. The summed E-state index contributed by atoms with van der Waals surface area (Å²) >= 11 is 0. The van der Waals surface area contributed by atoms with Crippen molar-refractivity contribution in [1.29, 1.82) is 0 Å². The topological polar surface area (TPSA) is 96.6 Å². The Bertz CT molecular complexity index is 928. The predicted molar refractivity (Wildman–Crippen MR) is 109 cm³/mol. The van der Waals surface area contributed by atoms with Gasteiger partial charge in [0, 0.05) is 63.6 Å². The molecule has 0 aliphatic carbocycles. The summed E-state index contributed by atoms with van der Waals surface area (Å²) in [4.78, 5) is 23.3. The van der Waals surface area contributed by atoms with Crippen LogP contribution in [0, 0.1) is 6.92 Å². The lowest BCUT2D eigenvalue weighted by molar-refractivity contribution is -0.192. The number of alkyl halides is 3. The van der Waals surface area contributed by atoms with Crippen LogP contribution in [0.25, 0.3) is 0 Å². The monoisotopic (exact) mass is 456 g/mol.